The van der Waals surface area contributed by atoms with Crippen molar-refractivity contribution in [2.24, 2.45) is 0 Å². The number of nitrogens with one attached hydrogen (secondary N) is 1. The van der Waals surface area contributed by atoms with Crippen LogP contribution < -0.4 is 4.90 Å². The van der Waals surface area contributed by atoms with E-state index in [2.05, 4.69) is 9.97 Å². The number of H-pyrrole nitrogens is 1. The second-order valence-electron chi connectivity index (χ2n) is 4.19. The van der Waals surface area contributed by atoms with Crippen molar-refractivity contribution in [1.29, 1.82) is 0 Å². The van der Waals surface area contributed by atoms with Crippen LogP contribution >= 0.6 is 11.6 Å². The van der Waals surface area contributed by atoms with E-state index in [1.54, 1.807) is 14.1 Å². The summed E-state index contributed by atoms with van der Waals surface area (Å²) in [5.41, 5.74) is -2.44. The molecule has 2 aromatic rings. The number of aromatic amines is 1. The summed E-state index contributed by atoms with van der Waals surface area (Å²) in [6.07, 6.45) is -4.79. The maximum absolute atomic E-state index is 12.8. The third kappa shape index (κ3) is 2.24. The summed E-state index contributed by atoms with van der Waals surface area (Å²) in [6, 6.07) is 0.713. The SMILES string of the molecule is CN(C)c1nc2c([N+](=O)[O-])c(Cl)c(C(F)(F)F)cc2[nH]1. The minimum absolute atomic E-state index is 0.0999. The zero-order valence-electron chi connectivity index (χ0n) is 10.2. The number of fused-ring (bicyclic) bond motifs is 1. The molecule has 0 bridgehead atoms. The van der Waals surface area contributed by atoms with E-state index in [-0.39, 0.29) is 17.0 Å². The molecule has 0 radical (unpaired) electrons. The number of rotatable bonds is 2. The number of imidazole rings is 1. The second kappa shape index (κ2) is 4.51. The summed E-state index contributed by atoms with van der Waals surface area (Å²) in [5, 5.41) is 10.0. The Bertz CT molecular complexity index is 696. The fraction of sp³-hybridized carbons (Fsp3) is 0.300. The van der Waals surface area contributed by atoms with Crippen molar-refractivity contribution in [2.45, 2.75) is 6.18 Å². The van der Waals surface area contributed by atoms with Gasteiger partial charge in [0.1, 0.15) is 5.02 Å². The van der Waals surface area contributed by atoms with Crippen LogP contribution in [0.1, 0.15) is 5.56 Å². The molecule has 108 valence electrons. The summed E-state index contributed by atoms with van der Waals surface area (Å²) in [4.78, 5) is 18.0. The summed E-state index contributed by atoms with van der Waals surface area (Å²) < 4.78 is 38.5. The third-order valence-electron chi connectivity index (χ3n) is 2.59. The molecule has 0 saturated carbocycles. The van der Waals surface area contributed by atoms with Crippen molar-refractivity contribution in [1.82, 2.24) is 9.97 Å². The zero-order valence-corrected chi connectivity index (χ0v) is 11.0. The Morgan fingerprint density at radius 2 is 2.05 bits per heavy atom. The molecule has 0 aliphatic carbocycles. The molecule has 2 rings (SSSR count). The lowest BCUT2D eigenvalue weighted by Gasteiger charge is -2.08. The molecule has 10 heteroatoms. The number of alkyl halides is 3. The molecule has 6 nitrogen and oxygen atoms in total. The third-order valence-corrected chi connectivity index (χ3v) is 2.97. The van der Waals surface area contributed by atoms with Gasteiger partial charge in [0.2, 0.25) is 5.95 Å². The van der Waals surface area contributed by atoms with Crippen LogP contribution in [0.3, 0.4) is 0 Å². The van der Waals surface area contributed by atoms with Crippen LogP contribution in [-0.2, 0) is 6.18 Å². The van der Waals surface area contributed by atoms with E-state index in [4.69, 9.17) is 11.6 Å². The van der Waals surface area contributed by atoms with Gasteiger partial charge in [-0.25, -0.2) is 4.98 Å². The van der Waals surface area contributed by atoms with Crippen LogP contribution in [0.2, 0.25) is 5.02 Å². The van der Waals surface area contributed by atoms with E-state index >= 15 is 0 Å². The molecular weight excluding hydrogens is 301 g/mol. The summed E-state index contributed by atoms with van der Waals surface area (Å²) in [5.74, 6) is 0.193. The first kappa shape index (κ1) is 14.4. The van der Waals surface area contributed by atoms with E-state index in [0.717, 1.165) is 0 Å². The molecular formula is C10H8ClF3N4O2. The lowest BCUT2D eigenvalue weighted by atomic mass is 10.1. The predicted octanol–water partition coefficient (Wildman–Crippen LogP) is 3.21. The van der Waals surface area contributed by atoms with E-state index in [1.807, 2.05) is 0 Å². The zero-order chi connectivity index (χ0) is 15.2. The number of hydrogen-bond acceptors (Lipinski definition) is 4. The maximum Gasteiger partial charge on any atom is 0.418 e. The summed E-state index contributed by atoms with van der Waals surface area (Å²) in [6.45, 7) is 0. The Morgan fingerprint density at radius 3 is 2.50 bits per heavy atom. The molecule has 1 aromatic carbocycles. The average Bonchev–Trinajstić information content (AvgIpc) is 2.69. The number of benzene rings is 1. The van der Waals surface area contributed by atoms with Crippen LogP contribution in [-0.4, -0.2) is 29.0 Å². The van der Waals surface area contributed by atoms with Crippen molar-refractivity contribution in [2.75, 3.05) is 19.0 Å². The molecule has 0 fully saturated rings. The molecule has 0 spiro atoms. The Balaban J connectivity index is 2.88. The molecule has 1 N–H and O–H groups in total. The number of nitro benzene ring substituents is 1. The summed E-state index contributed by atoms with van der Waals surface area (Å²) in [7, 11) is 3.19. The molecule has 0 aliphatic heterocycles. The van der Waals surface area contributed by atoms with Gasteiger partial charge in [0.25, 0.3) is 0 Å². The molecule has 0 unspecified atom stereocenters. The van der Waals surface area contributed by atoms with E-state index in [1.165, 1.54) is 4.90 Å². The van der Waals surface area contributed by atoms with Crippen LogP contribution in [0.5, 0.6) is 0 Å². The van der Waals surface area contributed by atoms with Crippen LogP contribution in [0.15, 0.2) is 6.07 Å². The first-order chi connectivity index (χ1) is 9.12. The summed E-state index contributed by atoms with van der Waals surface area (Å²) >= 11 is 5.53. The molecule has 1 aromatic heterocycles. The first-order valence-electron chi connectivity index (χ1n) is 5.24. The highest BCUT2D eigenvalue weighted by molar-refractivity contribution is 6.34. The van der Waals surface area contributed by atoms with Gasteiger partial charge in [0.15, 0.2) is 5.52 Å². The highest BCUT2D eigenvalue weighted by Gasteiger charge is 2.38. The van der Waals surface area contributed by atoms with Gasteiger partial charge in [-0.1, -0.05) is 11.6 Å². The minimum atomic E-state index is -4.79. The topological polar surface area (TPSA) is 75.1 Å². The van der Waals surface area contributed by atoms with Crippen LogP contribution in [0.4, 0.5) is 24.8 Å². The van der Waals surface area contributed by atoms with Gasteiger partial charge >= 0.3 is 11.9 Å². The number of nitro groups is 1. The van der Waals surface area contributed by atoms with Gasteiger partial charge in [0, 0.05) is 14.1 Å². The Hall–Kier alpha value is -2.03. The molecule has 0 saturated heterocycles. The van der Waals surface area contributed by atoms with Gasteiger partial charge < -0.3 is 9.88 Å². The molecule has 20 heavy (non-hydrogen) atoms. The largest absolute Gasteiger partial charge is 0.418 e. The standard InChI is InChI=1S/C10H8ClF3N4O2/c1-17(2)9-15-5-3-4(10(12,13)14)6(11)8(18(19)20)7(5)16-9/h3H,1-2H3,(H,15,16). The van der Waals surface area contributed by atoms with Gasteiger partial charge in [-0.2, -0.15) is 13.2 Å². The second-order valence-corrected chi connectivity index (χ2v) is 4.57. The van der Waals surface area contributed by atoms with Gasteiger partial charge in [0.05, 0.1) is 16.0 Å². The number of hydrogen-bond donors (Lipinski definition) is 1. The van der Waals surface area contributed by atoms with Crippen molar-refractivity contribution in [3.05, 3.63) is 26.8 Å². The predicted molar refractivity (Wildman–Crippen MR) is 67.1 cm³/mol. The molecule has 0 aliphatic rings. The van der Waals surface area contributed by atoms with E-state index in [9.17, 15) is 23.3 Å². The van der Waals surface area contributed by atoms with Crippen molar-refractivity contribution in [3.8, 4) is 0 Å². The number of anilines is 1. The van der Waals surface area contributed by atoms with Gasteiger partial charge in [-0.05, 0) is 6.07 Å². The number of aromatic nitrogens is 2. The fourth-order valence-electron chi connectivity index (χ4n) is 1.68. The van der Waals surface area contributed by atoms with Crippen molar-refractivity contribution >= 4 is 34.3 Å². The fourth-order valence-corrected chi connectivity index (χ4v) is 2.00. The van der Waals surface area contributed by atoms with Crippen LogP contribution in [0, 0.1) is 10.1 Å². The molecule has 1 heterocycles. The average molecular weight is 309 g/mol. The maximum atomic E-state index is 12.8. The molecule has 0 amide bonds. The number of nitrogens with zero attached hydrogens (tertiary/aromatic N) is 3. The van der Waals surface area contributed by atoms with Crippen LogP contribution in [0.25, 0.3) is 11.0 Å². The van der Waals surface area contributed by atoms with Gasteiger partial charge in [-0.15, -0.1) is 0 Å². The Morgan fingerprint density at radius 1 is 1.45 bits per heavy atom. The highest BCUT2D eigenvalue weighted by Crippen LogP contribution is 2.43. The smallest absolute Gasteiger partial charge is 0.349 e. The van der Waals surface area contributed by atoms with E-state index in [0.29, 0.717) is 6.07 Å². The Kier molecular flexibility index (Phi) is 3.24. The normalized spacial score (nSPS) is 11.9. The number of halogens is 4. The minimum Gasteiger partial charge on any atom is -0.349 e. The molecule has 0 atom stereocenters. The monoisotopic (exact) mass is 308 g/mol. The quantitative estimate of drug-likeness (QED) is 0.683. The highest BCUT2D eigenvalue weighted by atomic mass is 35.5. The van der Waals surface area contributed by atoms with Crippen molar-refractivity contribution < 1.29 is 18.1 Å². The van der Waals surface area contributed by atoms with Crippen molar-refractivity contribution in [3.63, 3.8) is 0 Å². The van der Waals surface area contributed by atoms with E-state index < -0.39 is 27.4 Å². The first-order valence-corrected chi connectivity index (χ1v) is 5.62. The van der Waals surface area contributed by atoms with Gasteiger partial charge in [-0.3, -0.25) is 10.1 Å². The lowest BCUT2D eigenvalue weighted by molar-refractivity contribution is -0.383. The Labute approximate surface area is 115 Å². The lowest BCUT2D eigenvalue weighted by Crippen LogP contribution is -2.09.